The van der Waals surface area contributed by atoms with Crippen molar-refractivity contribution in [3.05, 3.63) is 10.9 Å². The topological polar surface area (TPSA) is 81.9 Å². The van der Waals surface area contributed by atoms with Gasteiger partial charge in [-0.05, 0) is 35.7 Å². The fourth-order valence-corrected chi connectivity index (χ4v) is 3.82. The van der Waals surface area contributed by atoms with Gasteiger partial charge >= 0.3 is 5.97 Å². The van der Waals surface area contributed by atoms with Crippen LogP contribution in [0.2, 0.25) is 0 Å². The van der Waals surface area contributed by atoms with Crippen LogP contribution in [0.15, 0.2) is 10.9 Å². The van der Waals surface area contributed by atoms with Crippen LogP contribution in [-0.4, -0.2) is 38.9 Å². The molecule has 7 nitrogen and oxygen atoms in total. The molecule has 1 aliphatic rings. The summed E-state index contributed by atoms with van der Waals surface area (Å²) in [5.41, 5.74) is 0.285. The molecule has 0 radical (unpaired) electrons. The van der Waals surface area contributed by atoms with E-state index in [-0.39, 0.29) is 5.97 Å². The van der Waals surface area contributed by atoms with Gasteiger partial charge in [0.2, 0.25) is 0 Å². The molecule has 1 fully saturated rings. The molecular weight excluding hydrogens is 362 g/mol. The van der Waals surface area contributed by atoms with Crippen LogP contribution in [0, 0.1) is 5.41 Å². The summed E-state index contributed by atoms with van der Waals surface area (Å²) in [7, 11) is 1.83. The maximum Gasteiger partial charge on any atom is 0.313 e. The number of fused-ring (bicyclic) bond motifs is 1. The Labute approximate surface area is 142 Å². The maximum atomic E-state index is 12.4. The van der Waals surface area contributed by atoms with Gasteiger partial charge in [0.25, 0.3) is 0 Å². The molecule has 1 saturated carbocycles. The van der Waals surface area contributed by atoms with Gasteiger partial charge in [-0.1, -0.05) is 12.8 Å². The van der Waals surface area contributed by atoms with Crippen LogP contribution in [0.1, 0.15) is 32.6 Å². The standard InChI is InChI=1S/C15H20BrN5O2/c1-3-23-14(22)15(6-4-5-7-15)8-17-12-10-11(16)20-21(2)13(10)19-9-18-12/h9H,3-8H2,1-2H3,(H,17,18,19). The summed E-state index contributed by atoms with van der Waals surface area (Å²) in [4.78, 5) is 21.0. The van der Waals surface area contributed by atoms with Crippen LogP contribution in [0.3, 0.4) is 0 Å². The lowest BCUT2D eigenvalue weighted by Crippen LogP contribution is -2.37. The van der Waals surface area contributed by atoms with E-state index in [4.69, 9.17) is 4.74 Å². The van der Waals surface area contributed by atoms with E-state index in [1.807, 2.05) is 14.0 Å². The van der Waals surface area contributed by atoms with E-state index in [0.29, 0.717) is 23.6 Å². The second-order valence-electron chi connectivity index (χ2n) is 5.90. The molecule has 1 N–H and O–H groups in total. The highest BCUT2D eigenvalue weighted by Gasteiger charge is 2.42. The normalized spacial score (nSPS) is 16.7. The summed E-state index contributed by atoms with van der Waals surface area (Å²) in [5.74, 6) is 0.575. The zero-order valence-electron chi connectivity index (χ0n) is 13.3. The molecule has 2 aromatic heterocycles. The Morgan fingerprint density at radius 3 is 2.87 bits per heavy atom. The van der Waals surface area contributed by atoms with Crippen LogP contribution in [-0.2, 0) is 16.6 Å². The Hall–Kier alpha value is -1.70. The molecule has 124 valence electrons. The fourth-order valence-electron chi connectivity index (χ4n) is 3.22. The number of rotatable bonds is 5. The summed E-state index contributed by atoms with van der Waals surface area (Å²) in [6.07, 6.45) is 5.31. The summed E-state index contributed by atoms with van der Waals surface area (Å²) in [6.45, 7) is 2.76. The van der Waals surface area contributed by atoms with E-state index in [2.05, 4.69) is 36.3 Å². The van der Waals surface area contributed by atoms with Crippen LogP contribution < -0.4 is 5.32 Å². The van der Waals surface area contributed by atoms with Gasteiger partial charge in [0.15, 0.2) is 5.65 Å². The molecule has 8 heteroatoms. The first-order chi connectivity index (χ1) is 11.1. The smallest absolute Gasteiger partial charge is 0.313 e. The van der Waals surface area contributed by atoms with Gasteiger partial charge in [0, 0.05) is 13.6 Å². The van der Waals surface area contributed by atoms with Crippen LogP contribution in [0.5, 0.6) is 0 Å². The molecule has 0 unspecified atom stereocenters. The van der Waals surface area contributed by atoms with E-state index in [1.54, 1.807) is 4.68 Å². The number of nitrogens with one attached hydrogen (secondary N) is 1. The Kier molecular flexibility index (Phi) is 4.52. The van der Waals surface area contributed by atoms with Crippen molar-refractivity contribution in [1.82, 2.24) is 19.7 Å². The lowest BCUT2D eigenvalue weighted by molar-refractivity contribution is -0.154. The molecule has 2 heterocycles. The summed E-state index contributed by atoms with van der Waals surface area (Å²) < 4.78 is 7.68. The van der Waals surface area contributed by atoms with Crippen LogP contribution >= 0.6 is 15.9 Å². The highest BCUT2D eigenvalue weighted by atomic mass is 79.9. The van der Waals surface area contributed by atoms with Gasteiger partial charge in [-0.3, -0.25) is 4.79 Å². The van der Waals surface area contributed by atoms with Crippen LogP contribution in [0.25, 0.3) is 11.0 Å². The largest absolute Gasteiger partial charge is 0.466 e. The minimum atomic E-state index is -0.456. The first-order valence-electron chi connectivity index (χ1n) is 7.82. The highest BCUT2D eigenvalue weighted by molar-refractivity contribution is 9.10. The van der Waals surface area contributed by atoms with Gasteiger partial charge in [-0.25, -0.2) is 14.6 Å². The van der Waals surface area contributed by atoms with Crippen molar-refractivity contribution in [3.8, 4) is 0 Å². The molecule has 0 aromatic carbocycles. The Balaban J connectivity index is 1.86. The minimum absolute atomic E-state index is 0.111. The number of esters is 1. The predicted octanol–water partition coefficient (Wildman–Crippen LogP) is 2.66. The zero-order valence-corrected chi connectivity index (χ0v) is 14.9. The molecular formula is C15H20BrN5O2. The first kappa shape index (κ1) is 16.2. The average molecular weight is 382 g/mol. The Morgan fingerprint density at radius 1 is 1.43 bits per heavy atom. The second-order valence-corrected chi connectivity index (χ2v) is 6.65. The van der Waals surface area contributed by atoms with Crippen molar-refractivity contribution >= 4 is 38.8 Å². The number of anilines is 1. The van der Waals surface area contributed by atoms with Crippen molar-refractivity contribution in [3.63, 3.8) is 0 Å². The number of halogens is 1. The Morgan fingerprint density at radius 2 is 2.17 bits per heavy atom. The lowest BCUT2D eigenvalue weighted by Gasteiger charge is -2.27. The molecule has 2 aromatic rings. The maximum absolute atomic E-state index is 12.4. The molecule has 0 amide bonds. The summed E-state index contributed by atoms with van der Waals surface area (Å²) in [5, 5.41) is 8.47. The number of carbonyl (C=O) groups excluding carboxylic acids is 1. The van der Waals surface area contributed by atoms with E-state index in [1.165, 1.54) is 6.33 Å². The van der Waals surface area contributed by atoms with Crippen molar-refractivity contribution in [2.24, 2.45) is 12.5 Å². The molecule has 0 atom stereocenters. The van der Waals surface area contributed by atoms with Crippen molar-refractivity contribution in [2.75, 3.05) is 18.5 Å². The van der Waals surface area contributed by atoms with Crippen molar-refractivity contribution in [1.29, 1.82) is 0 Å². The Bertz CT molecular complexity index is 724. The molecule has 0 bridgehead atoms. The number of carbonyl (C=O) groups is 1. The summed E-state index contributed by atoms with van der Waals surface area (Å²) in [6, 6.07) is 0. The zero-order chi connectivity index (χ0) is 16.4. The number of hydrogen-bond acceptors (Lipinski definition) is 6. The quantitative estimate of drug-likeness (QED) is 0.801. The first-order valence-corrected chi connectivity index (χ1v) is 8.61. The summed E-state index contributed by atoms with van der Waals surface area (Å²) >= 11 is 3.45. The molecule has 0 aliphatic heterocycles. The number of aryl methyl sites for hydroxylation is 1. The SMILES string of the molecule is CCOC(=O)C1(CNc2ncnc3c2c(Br)nn3C)CCCC1. The van der Waals surface area contributed by atoms with E-state index >= 15 is 0 Å². The minimum Gasteiger partial charge on any atom is -0.466 e. The third-order valence-electron chi connectivity index (χ3n) is 4.44. The van der Waals surface area contributed by atoms with Crippen molar-refractivity contribution < 1.29 is 9.53 Å². The predicted molar refractivity (Wildman–Crippen MR) is 90.0 cm³/mol. The molecule has 1 aliphatic carbocycles. The monoisotopic (exact) mass is 381 g/mol. The number of hydrogen-bond donors (Lipinski definition) is 1. The third-order valence-corrected chi connectivity index (χ3v) is 5.00. The molecule has 0 spiro atoms. The number of aromatic nitrogens is 4. The van der Waals surface area contributed by atoms with Gasteiger partial charge in [-0.15, -0.1) is 0 Å². The van der Waals surface area contributed by atoms with Crippen LogP contribution in [0.4, 0.5) is 5.82 Å². The number of ether oxygens (including phenoxy) is 1. The van der Waals surface area contributed by atoms with Gasteiger partial charge in [-0.2, -0.15) is 5.10 Å². The highest BCUT2D eigenvalue weighted by Crippen LogP contribution is 2.40. The molecule has 23 heavy (non-hydrogen) atoms. The molecule has 0 saturated heterocycles. The second kappa shape index (κ2) is 6.43. The molecule has 3 rings (SSSR count). The van der Waals surface area contributed by atoms with E-state index in [9.17, 15) is 4.79 Å². The van der Waals surface area contributed by atoms with Gasteiger partial charge in [0.05, 0.1) is 17.4 Å². The average Bonchev–Trinajstić information content (AvgIpc) is 3.12. The van der Waals surface area contributed by atoms with Crippen molar-refractivity contribution in [2.45, 2.75) is 32.6 Å². The van der Waals surface area contributed by atoms with Gasteiger partial charge in [0.1, 0.15) is 16.7 Å². The number of nitrogens with zero attached hydrogens (tertiary/aromatic N) is 4. The lowest BCUT2D eigenvalue weighted by atomic mass is 9.86. The van der Waals surface area contributed by atoms with E-state index < -0.39 is 5.41 Å². The third kappa shape index (κ3) is 2.91. The van der Waals surface area contributed by atoms with Gasteiger partial charge < -0.3 is 10.1 Å². The fraction of sp³-hybridized carbons (Fsp3) is 0.600. The van der Waals surface area contributed by atoms with E-state index in [0.717, 1.165) is 36.7 Å².